The molecule has 1 heterocycles. The molecular formula is C14H18ClNOS. The van der Waals surface area contributed by atoms with Crippen molar-refractivity contribution in [3.8, 4) is 0 Å². The number of halogens is 1. The number of alkyl halides is 1. The molecule has 1 atom stereocenters. The molecule has 4 heteroatoms. The summed E-state index contributed by atoms with van der Waals surface area (Å²) in [5.41, 5.74) is 1.15. The molecule has 1 fully saturated rings. The smallest absolute Gasteiger partial charge is 0.228 e. The summed E-state index contributed by atoms with van der Waals surface area (Å²) < 4.78 is 0. The molecule has 18 heavy (non-hydrogen) atoms. The van der Waals surface area contributed by atoms with Crippen LogP contribution in [-0.2, 0) is 11.2 Å². The highest BCUT2D eigenvalue weighted by atomic mass is 35.5. The molecule has 2 nitrogen and oxygen atoms in total. The van der Waals surface area contributed by atoms with E-state index in [2.05, 4.69) is 16.8 Å². The zero-order valence-corrected chi connectivity index (χ0v) is 11.9. The third kappa shape index (κ3) is 2.08. The average Bonchev–Trinajstić information content (AvgIpc) is 2.81. The van der Waals surface area contributed by atoms with Gasteiger partial charge < -0.3 is 5.32 Å². The Balaban J connectivity index is 1.74. The van der Waals surface area contributed by atoms with Crippen LogP contribution in [0.25, 0.3) is 0 Å². The minimum atomic E-state index is -0.105. The number of nitrogens with one attached hydrogen (secondary N) is 1. The molecule has 2 aliphatic carbocycles. The molecule has 0 radical (unpaired) electrons. The van der Waals surface area contributed by atoms with E-state index < -0.39 is 0 Å². The van der Waals surface area contributed by atoms with Crippen molar-refractivity contribution < 1.29 is 4.79 Å². The van der Waals surface area contributed by atoms with Crippen LogP contribution in [0.4, 0.5) is 0 Å². The van der Waals surface area contributed by atoms with Gasteiger partial charge in [0.25, 0.3) is 0 Å². The van der Waals surface area contributed by atoms with E-state index in [1.165, 1.54) is 16.9 Å². The van der Waals surface area contributed by atoms with Crippen LogP contribution < -0.4 is 5.32 Å². The standard InChI is InChI=1S/C14H18ClNOS/c15-9-14(6-2-7-14)16-13(17)11-3-1-4-12-10(11)5-8-18-12/h5,8,11H,1-4,6-7,9H2,(H,16,17). The van der Waals surface area contributed by atoms with Gasteiger partial charge in [-0.1, -0.05) is 0 Å². The van der Waals surface area contributed by atoms with Crippen molar-refractivity contribution in [2.24, 2.45) is 0 Å². The van der Waals surface area contributed by atoms with Crippen LogP contribution in [0, 0.1) is 0 Å². The monoisotopic (exact) mass is 283 g/mol. The zero-order valence-electron chi connectivity index (χ0n) is 10.4. The summed E-state index contributed by atoms with van der Waals surface area (Å²) in [6, 6.07) is 2.12. The van der Waals surface area contributed by atoms with Gasteiger partial charge in [0.15, 0.2) is 0 Å². The minimum absolute atomic E-state index is 0.0562. The lowest BCUT2D eigenvalue weighted by Crippen LogP contribution is -2.56. The molecule has 3 rings (SSSR count). The molecule has 0 bridgehead atoms. The maximum Gasteiger partial charge on any atom is 0.228 e. The minimum Gasteiger partial charge on any atom is -0.349 e. The van der Waals surface area contributed by atoms with E-state index in [9.17, 15) is 4.79 Å². The van der Waals surface area contributed by atoms with Crippen molar-refractivity contribution in [3.05, 3.63) is 21.9 Å². The maximum absolute atomic E-state index is 12.5. The quantitative estimate of drug-likeness (QED) is 0.846. The molecule has 2 aliphatic rings. The van der Waals surface area contributed by atoms with E-state index in [-0.39, 0.29) is 17.4 Å². The van der Waals surface area contributed by atoms with E-state index in [1.54, 1.807) is 11.3 Å². The normalized spacial score (nSPS) is 25.1. The second kappa shape index (κ2) is 4.86. The number of carbonyl (C=O) groups is 1. The van der Waals surface area contributed by atoms with Gasteiger partial charge >= 0.3 is 0 Å². The molecule has 0 saturated heterocycles. The number of hydrogen-bond donors (Lipinski definition) is 1. The number of amides is 1. The molecule has 1 unspecified atom stereocenters. The van der Waals surface area contributed by atoms with Gasteiger partial charge in [-0.25, -0.2) is 0 Å². The lowest BCUT2D eigenvalue weighted by molar-refractivity contribution is -0.125. The summed E-state index contributed by atoms with van der Waals surface area (Å²) in [6.45, 7) is 0. The lowest BCUT2D eigenvalue weighted by atomic mass is 9.77. The molecule has 1 N–H and O–H groups in total. The highest BCUT2D eigenvalue weighted by Crippen LogP contribution is 2.38. The number of carbonyl (C=O) groups excluding carboxylic acids is 1. The largest absolute Gasteiger partial charge is 0.349 e. The van der Waals surface area contributed by atoms with Crippen LogP contribution in [0.1, 0.15) is 48.5 Å². The Morgan fingerprint density at radius 1 is 1.50 bits per heavy atom. The summed E-state index contributed by atoms with van der Waals surface area (Å²) in [5, 5.41) is 5.32. The van der Waals surface area contributed by atoms with Crippen LogP contribution >= 0.6 is 22.9 Å². The molecule has 98 valence electrons. The van der Waals surface area contributed by atoms with Crippen molar-refractivity contribution in [1.29, 1.82) is 0 Å². The van der Waals surface area contributed by atoms with Gasteiger partial charge in [0.1, 0.15) is 0 Å². The van der Waals surface area contributed by atoms with Gasteiger partial charge in [0, 0.05) is 10.8 Å². The van der Waals surface area contributed by atoms with Crippen molar-refractivity contribution >= 4 is 28.8 Å². The van der Waals surface area contributed by atoms with E-state index in [0.29, 0.717) is 5.88 Å². The summed E-state index contributed by atoms with van der Waals surface area (Å²) in [5.74, 6) is 0.789. The molecule has 1 saturated carbocycles. The molecular weight excluding hydrogens is 266 g/mol. The summed E-state index contributed by atoms with van der Waals surface area (Å²) >= 11 is 7.79. The van der Waals surface area contributed by atoms with Crippen LogP contribution in [0.3, 0.4) is 0 Å². The molecule has 0 spiro atoms. The first-order valence-corrected chi connectivity index (χ1v) is 8.10. The predicted molar refractivity (Wildman–Crippen MR) is 75.4 cm³/mol. The summed E-state index contributed by atoms with van der Waals surface area (Å²) in [6.07, 6.45) is 6.49. The van der Waals surface area contributed by atoms with Gasteiger partial charge in [-0.2, -0.15) is 0 Å². The van der Waals surface area contributed by atoms with Gasteiger partial charge in [-0.05, 0) is 55.5 Å². The Kier molecular flexibility index (Phi) is 3.37. The van der Waals surface area contributed by atoms with Gasteiger partial charge in [0.05, 0.1) is 11.5 Å². The number of hydrogen-bond acceptors (Lipinski definition) is 2. The summed E-state index contributed by atoms with van der Waals surface area (Å²) in [4.78, 5) is 13.9. The zero-order chi connectivity index (χ0) is 12.6. The lowest BCUT2D eigenvalue weighted by Gasteiger charge is -2.42. The second-order valence-corrected chi connectivity index (χ2v) is 6.77. The van der Waals surface area contributed by atoms with Crippen LogP contribution in [-0.4, -0.2) is 17.3 Å². The van der Waals surface area contributed by atoms with Gasteiger partial charge in [-0.3, -0.25) is 4.79 Å². The topological polar surface area (TPSA) is 29.1 Å². The highest BCUT2D eigenvalue weighted by Gasteiger charge is 2.39. The average molecular weight is 284 g/mol. The first-order chi connectivity index (χ1) is 8.74. The van der Waals surface area contributed by atoms with E-state index >= 15 is 0 Å². The number of aryl methyl sites for hydroxylation is 1. The van der Waals surface area contributed by atoms with Crippen molar-refractivity contribution in [3.63, 3.8) is 0 Å². The van der Waals surface area contributed by atoms with Gasteiger partial charge in [0.2, 0.25) is 5.91 Å². The van der Waals surface area contributed by atoms with Crippen LogP contribution in [0.15, 0.2) is 11.4 Å². The second-order valence-electron chi connectivity index (χ2n) is 5.50. The number of fused-ring (bicyclic) bond motifs is 1. The summed E-state index contributed by atoms with van der Waals surface area (Å²) in [7, 11) is 0. The van der Waals surface area contributed by atoms with E-state index in [4.69, 9.17) is 11.6 Å². The fourth-order valence-corrected chi connectivity index (χ4v) is 4.32. The van der Waals surface area contributed by atoms with Crippen molar-refractivity contribution in [2.45, 2.75) is 50.0 Å². The fourth-order valence-electron chi connectivity index (χ4n) is 3.00. The number of rotatable bonds is 3. The Hall–Kier alpha value is -0.540. The Bertz CT molecular complexity index is 447. The Morgan fingerprint density at radius 3 is 3.00 bits per heavy atom. The van der Waals surface area contributed by atoms with Crippen molar-refractivity contribution in [2.75, 3.05) is 5.88 Å². The van der Waals surface area contributed by atoms with E-state index in [0.717, 1.165) is 32.1 Å². The molecule has 1 aromatic heterocycles. The van der Waals surface area contributed by atoms with Crippen LogP contribution in [0.2, 0.25) is 0 Å². The number of thiophene rings is 1. The van der Waals surface area contributed by atoms with Crippen molar-refractivity contribution in [1.82, 2.24) is 5.32 Å². The Morgan fingerprint density at radius 2 is 2.33 bits per heavy atom. The first-order valence-electron chi connectivity index (χ1n) is 6.68. The SMILES string of the molecule is O=C(NC1(CCl)CCC1)C1CCCc2sccc21. The first kappa shape index (κ1) is 12.5. The maximum atomic E-state index is 12.5. The predicted octanol–water partition coefficient (Wildman–Crippen LogP) is 3.45. The molecule has 1 amide bonds. The highest BCUT2D eigenvalue weighted by molar-refractivity contribution is 7.10. The Labute approximate surface area is 117 Å². The molecule has 0 aromatic carbocycles. The van der Waals surface area contributed by atoms with Gasteiger partial charge in [-0.15, -0.1) is 22.9 Å². The third-order valence-electron chi connectivity index (χ3n) is 4.32. The molecule has 0 aliphatic heterocycles. The van der Waals surface area contributed by atoms with E-state index in [1.807, 2.05) is 0 Å². The molecule has 1 aromatic rings. The third-order valence-corrected chi connectivity index (χ3v) is 5.83. The van der Waals surface area contributed by atoms with Crippen LogP contribution in [0.5, 0.6) is 0 Å². The fraction of sp³-hybridized carbons (Fsp3) is 0.643.